The van der Waals surface area contributed by atoms with Gasteiger partial charge in [0, 0.05) is 43.8 Å². The second-order valence-electron chi connectivity index (χ2n) is 10.6. The summed E-state index contributed by atoms with van der Waals surface area (Å²) in [5.41, 5.74) is 9.47. The third-order valence-electron chi connectivity index (χ3n) is 8.28. The molecule has 0 amide bonds. The smallest absolute Gasteiger partial charge is 0.168 e. The fraction of sp³-hybridized carbons (Fsp3) is 0. The highest BCUT2D eigenvalue weighted by atomic mass is 16.3. The third kappa shape index (κ3) is 2.82. The highest BCUT2D eigenvalue weighted by molar-refractivity contribution is 6.16. The molecule has 0 bridgehead atoms. The minimum Gasteiger partial charge on any atom is -0.456 e. The average molecular weight is 539 g/mol. The number of rotatable bonds is 2. The zero-order valence-electron chi connectivity index (χ0n) is 22.0. The maximum Gasteiger partial charge on any atom is 0.168 e. The third-order valence-corrected chi connectivity index (χ3v) is 8.28. The first kappa shape index (κ1) is 21.9. The van der Waals surface area contributed by atoms with E-state index in [1.807, 2.05) is 72.8 Å². The van der Waals surface area contributed by atoms with Crippen molar-refractivity contribution >= 4 is 54.9 Å². The zero-order chi connectivity index (χ0) is 27.4. The molecule has 0 N–H and O–H groups in total. The normalized spacial score (nSPS) is 12.3. The van der Waals surface area contributed by atoms with Crippen molar-refractivity contribution in [2.75, 3.05) is 0 Å². The van der Waals surface area contributed by atoms with Gasteiger partial charge in [0.25, 0.3) is 0 Å². The minimum atomic E-state index is 0.605. The fourth-order valence-corrected chi connectivity index (χ4v) is 6.48. The SMILES string of the molecule is c1ccc2c(c1)-c1nc(-c3cccc4oc5ccccc5c34)nc3nc(-c4cccc5oc6ccccc6c45)nc-2c13. The molecule has 5 aromatic carbocycles. The summed E-state index contributed by atoms with van der Waals surface area (Å²) in [5.74, 6) is 1.21. The van der Waals surface area contributed by atoms with E-state index in [1.165, 1.54) is 0 Å². The molecule has 1 aliphatic carbocycles. The summed E-state index contributed by atoms with van der Waals surface area (Å²) in [5, 5.41) is 4.93. The van der Waals surface area contributed by atoms with Gasteiger partial charge in [0.05, 0.1) is 16.8 Å². The van der Waals surface area contributed by atoms with Crippen LogP contribution in [0.3, 0.4) is 0 Å². The van der Waals surface area contributed by atoms with Crippen LogP contribution in [0.1, 0.15) is 0 Å². The highest BCUT2D eigenvalue weighted by Gasteiger charge is 2.29. The molecule has 6 heteroatoms. The van der Waals surface area contributed by atoms with E-state index in [9.17, 15) is 0 Å². The summed E-state index contributed by atoms with van der Waals surface area (Å²) in [7, 11) is 0. The van der Waals surface area contributed by atoms with Gasteiger partial charge in [-0.25, -0.2) is 19.9 Å². The van der Waals surface area contributed by atoms with Gasteiger partial charge in [-0.05, 0) is 24.3 Å². The van der Waals surface area contributed by atoms with Crippen LogP contribution < -0.4 is 0 Å². The molecular formula is C36H18N4O2. The fourth-order valence-electron chi connectivity index (χ4n) is 6.48. The molecule has 0 unspecified atom stereocenters. The number of hydrogen-bond donors (Lipinski definition) is 0. The molecule has 10 rings (SSSR count). The summed E-state index contributed by atoms with van der Waals surface area (Å²) < 4.78 is 12.4. The topological polar surface area (TPSA) is 77.8 Å². The van der Waals surface area contributed by atoms with Gasteiger partial charge in [-0.2, -0.15) is 0 Å². The van der Waals surface area contributed by atoms with Crippen LogP contribution in [0.4, 0.5) is 0 Å². The molecule has 0 spiro atoms. The molecule has 0 fully saturated rings. The number of aromatic nitrogens is 4. The highest BCUT2D eigenvalue weighted by Crippen LogP contribution is 2.47. The van der Waals surface area contributed by atoms with Gasteiger partial charge < -0.3 is 8.83 Å². The van der Waals surface area contributed by atoms with Crippen molar-refractivity contribution in [3.05, 3.63) is 109 Å². The Hall–Kier alpha value is -5.88. The lowest BCUT2D eigenvalue weighted by Crippen LogP contribution is -1.99. The van der Waals surface area contributed by atoms with E-state index in [1.54, 1.807) is 0 Å². The average Bonchev–Trinajstić information content (AvgIpc) is 3.71. The molecule has 0 atom stereocenters. The summed E-state index contributed by atoms with van der Waals surface area (Å²) in [6.07, 6.45) is 0. The lowest BCUT2D eigenvalue weighted by Gasteiger charge is -2.09. The van der Waals surface area contributed by atoms with Crippen LogP contribution >= 0.6 is 0 Å². The molecule has 194 valence electrons. The van der Waals surface area contributed by atoms with Gasteiger partial charge in [0.2, 0.25) is 0 Å². The van der Waals surface area contributed by atoms with Crippen LogP contribution in [0.25, 0.3) is 100 Å². The van der Waals surface area contributed by atoms with Gasteiger partial charge in [0.15, 0.2) is 17.3 Å². The van der Waals surface area contributed by atoms with E-state index in [-0.39, 0.29) is 0 Å². The summed E-state index contributed by atoms with van der Waals surface area (Å²) in [6, 6.07) is 36.5. The molecular weight excluding hydrogens is 520 g/mol. The van der Waals surface area contributed by atoms with Crippen molar-refractivity contribution < 1.29 is 8.83 Å². The monoisotopic (exact) mass is 538 g/mol. The Labute approximate surface area is 237 Å². The quantitative estimate of drug-likeness (QED) is 0.218. The Balaban J connectivity index is 1.31. The molecule has 1 aliphatic rings. The van der Waals surface area contributed by atoms with E-state index < -0.39 is 0 Å². The van der Waals surface area contributed by atoms with Gasteiger partial charge in [-0.3, -0.25) is 0 Å². The Morgan fingerprint density at radius 3 is 1.31 bits per heavy atom. The standard InChI is InChI=1S/C36H18N4O2/c1-2-10-20-19(9-1)32-31-33(20)38-35(24-14-8-18-28-30(24)22-12-4-6-16-26(22)42-28)40-36(31)39-34(37-32)23-13-7-17-27-29(23)21-11-3-5-15-25(21)41-27/h1-18H. The minimum absolute atomic E-state index is 0.605. The summed E-state index contributed by atoms with van der Waals surface area (Å²) in [4.78, 5) is 20.5. The van der Waals surface area contributed by atoms with E-state index in [0.717, 1.165) is 82.9 Å². The molecule has 4 heterocycles. The second kappa shape index (κ2) is 7.86. The maximum atomic E-state index is 6.18. The molecule has 0 radical (unpaired) electrons. The van der Waals surface area contributed by atoms with Crippen LogP contribution in [0.15, 0.2) is 118 Å². The molecule has 0 saturated heterocycles. The number of nitrogens with zero attached hydrogens (tertiary/aromatic N) is 4. The largest absolute Gasteiger partial charge is 0.456 e. The number of fused-ring (bicyclic) bond motifs is 9. The Kier molecular flexibility index (Phi) is 4.10. The van der Waals surface area contributed by atoms with Gasteiger partial charge in [0.1, 0.15) is 22.3 Å². The van der Waals surface area contributed by atoms with E-state index in [2.05, 4.69) is 36.4 Å². The molecule has 4 aromatic heterocycles. The first-order valence-electron chi connectivity index (χ1n) is 13.8. The molecule has 0 saturated carbocycles. The molecule has 0 aliphatic heterocycles. The van der Waals surface area contributed by atoms with E-state index >= 15 is 0 Å². The number of para-hydroxylation sites is 2. The Morgan fingerprint density at radius 1 is 0.357 bits per heavy atom. The first-order chi connectivity index (χ1) is 20.8. The van der Waals surface area contributed by atoms with Crippen LogP contribution in [0.5, 0.6) is 0 Å². The van der Waals surface area contributed by atoms with E-state index in [4.69, 9.17) is 28.8 Å². The summed E-state index contributed by atoms with van der Waals surface area (Å²) >= 11 is 0. The maximum absolute atomic E-state index is 6.18. The van der Waals surface area contributed by atoms with Crippen LogP contribution in [0.2, 0.25) is 0 Å². The van der Waals surface area contributed by atoms with Crippen molar-refractivity contribution in [2.24, 2.45) is 0 Å². The van der Waals surface area contributed by atoms with Crippen molar-refractivity contribution in [3.8, 4) is 45.3 Å². The number of furan rings is 2. The van der Waals surface area contributed by atoms with Crippen LogP contribution in [-0.4, -0.2) is 19.9 Å². The van der Waals surface area contributed by atoms with Crippen molar-refractivity contribution in [3.63, 3.8) is 0 Å². The second-order valence-corrected chi connectivity index (χ2v) is 10.6. The van der Waals surface area contributed by atoms with Gasteiger partial charge >= 0.3 is 0 Å². The van der Waals surface area contributed by atoms with Crippen molar-refractivity contribution in [1.29, 1.82) is 0 Å². The van der Waals surface area contributed by atoms with Gasteiger partial charge in [-0.15, -0.1) is 0 Å². The van der Waals surface area contributed by atoms with Crippen molar-refractivity contribution in [2.45, 2.75) is 0 Å². The molecule has 6 nitrogen and oxygen atoms in total. The first-order valence-corrected chi connectivity index (χ1v) is 13.8. The predicted octanol–water partition coefficient (Wildman–Crippen LogP) is 9.20. The summed E-state index contributed by atoms with van der Waals surface area (Å²) in [6.45, 7) is 0. The Bertz CT molecular complexity index is 2420. The number of hydrogen-bond acceptors (Lipinski definition) is 6. The number of benzene rings is 5. The zero-order valence-corrected chi connectivity index (χ0v) is 22.0. The lowest BCUT2D eigenvalue weighted by molar-refractivity contribution is 0.668. The Morgan fingerprint density at radius 2 is 0.786 bits per heavy atom. The van der Waals surface area contributed by atoms with Crippen LogP contribution in [0, 0.1) is 0 Å². The van der Waals surface area contributed by atoms with Crippen molar-refractivity contribution in [1.82, 2.24) is 19.9 Å². The molecule has 42 heavy (non-hydrogen) atoms. The lowest BCUT2D eigenvalue weighted by atomic mass is 10.0. The van der Waals surface area contributed by atoms with Crippen LogP contribution in [-0.2, 0) is 0 Å². The van der Waals surface area contributed by atoms with E-state index in [0.29, 0.717) is 17.3 Å². The predicted molar refractivity (Wildman–Crippen MR) is 165 cm³/mol. The molecule has 9 aromatic rings. The van der Waals surface area contributed by atoms with Gasteiger partial charge in [-0.1, -0.05) is 84.9 Å².